The number of fused-ring (bicyclic) bond motifs is 1. The number of likely N-dealkylation sites (tertiary alicyclic amines) is 1. The number of hydrogen-bond donors (Lipinski definition) is 0. The van der Waals surface area contributed by atoms with Gasteiger partial charge in [0.05, 0.1) is 6.10 Å². The molecule has 1 aliphatic carbocycles. The first kappa shape index (κ1) is 8.25. The van der Waals surface area contributed by atoms with Crippen molar-refractivity contribution in [2.45, 2.75) is 44.2 Å². The van der Waals surface area contributed by atoms with E-state index in [1.165, 1.54) is 45.2 Å². The van der Waals surface area contributed by atoms with Crippen LogP contribution in [0, 0.1) is 5.92 Å². The van der Waals surface area contributed by atoms with Crippen LogP contribution in [0.5, 0.6) is 0 Å². The zero-order valence-corrected chi connectivity index (χ0v) is 8.24. The Morgan fingerprint density at radius 3 is 3.08 bits per heavy atom. The molecule has 2 heteroatoms. The Bertz CT molecular complexity index is 189. The van der Waals surface area contributed by atoms with Crippen LogP contribution in [0.15, 0.2) is 0 Å². The molecule has 0 bridgehead atoms. The molecule has 2 saturated heterocycles. The Balaban J connectivity index is 1.53. The van der Waals surface area contributed by atoms with Crippen LogP contribution >= 0.6 is 0 Å². The van der Waals surface area contributed by atoms with E-state index in [9.17, 15) is 0 Å². The van der Waals surface area contributed by atoms with Crippen molar-refractivity contribution >= 4 is 0 Å². The largest absolute Gasteiger partial charge is 0.377 e. The van der Waals surface area contributed by atoms with Crippen LogP contribution < -0.4 is 0 Å². The van der Waals surface area contributed by atoms with Gasteiger partial charge in [0.1, 0.15) is 0 Å². The standard InChI is InChI=1S/C11H19NO/c1-3-9-7-11(9)12(5-1)8-10-4-2-6-13-10/h9-11H,1-8H2/t9-,10-,11+/m1/s1. The molecule has 0 aromatic heterocycles. The summed E-state index contributed by atoms with van der Waals surface area (Å²) in [6.07, 6.45) is 7.55. The molecule has 0 N–H and O–H groups in total. The maximum absolute atomic E-state index is 5.68. The van der Waals surface area contributed by atoms with Crippen molar-refractivity contribution in [2.75, 3.05) is 19.7 Å². The van der Waals surface area contributed by atoms with Crippen molar-refractivity contribution in [3.63, 3.8) is 0 Å². The molecule has 0 amide bonds. The van der Waals surface area contributed by atoms with Gasteiger partial charge in [-0.15, -0.1) is 0 Å². The van der Waals surface area contributed by atoms with Gasteiger partial charge < -0.3 is 4.74 Å². The first-order valence-electron chi connectivity index (χ1n) is 5.79. The number of hydrogen-bond acceptors (Lipinski definition) is 2. The Hall–Kier alpha value is -0.0800. The van der Waals surface area contributed by atoms with Crippen molar-refractivity contribution in [1.29, 1.82) is 0 Å². The van der Waals surface area contributed by atoms with E-state index in [0.717, 1.165) is 18.6 Å². The first-order valence-corrected chi connectivity index (χ1v) is 5.79. The predicted molar refractivity (Wildman–Crippen MR) is 51.7 cm³/mol. The molecule has 2 aliphatic heterocycles. The van der Waals surface area contributed by atoms with Crippen LogP contribution in [0.25, 0.3) is 0 Å². The van der Waals surface area contributed by atoms with Gasteiger partial charge in [0, 0.05) is 19.2 Å². The van der Waals surface area contributed by atoms with Crippen molar-refractivity contribution in [2.24, 2.45) is 5.92 Å². The lowest BCUT2D eigenvalue weighted by molar-refractivity contribution is 0.0628. The maximum atomic E-state index is 5.68. The molecular weight excluding hydrogens is 162 g/mol. The minimum Gasteiger partial charge on any atom is -0.377 e. The van der Waals surface area contributed by atoms with Crippen molar-refractivity contribution in [3.05, 3.63) is 0 Å². The van der Waals surface area contributed by atoms with Gasteiger partial charge in [0.15, 0.2) is 0 Å². The molecule has 3 aliphatic rings. The molecule has 3 atom stereocenters. The van der Waals surface area contributed by atoms with Gasteiger partial charge in [-0.25, -0.2) is 0 Å². The fraction of sp³-hybridized carbons (Fsp3) is 1.00. The number of nitrogens with zero attached hydrogens (tertiary/aromatic N) is 1. The topological polar surface area (TPSA) is 12.5 Å². The summed E-state index contributed by atoms with van der Waals surface area (Å²) in [5.41, 5.74) is 0. The lowest BCUT2D eigenvalue weighted by Crippen LogP contribution is -2.37. The highest BCUT2D eigenvalue weighted by molar-refractivity contribution is 4.98. The highest BCUT2D eigenvalue weighted by Gasteiger charge is 2.44. The van der Waals surface area contributed by atoms with Crippen molar-refractivity contribution in [3.8, 4) is 0 Å². The molecule has 3 rings (SSSR count). The predicted octanol–water partition coefficient (Wildman–Crippen LogP) is 1.65. The monoisotopic (exact) mass is 181 g/mol. The molecule has 2 heterocycles. The van der Waals surface area contributed by atoms with Crippen LogP contribution in [-0.2, 0) is 4.74 Å². The van der Waals surface area contributed by atoms with E-state index in [1.807, 2.05) is 0 Å². The lowest BCUT2D eigenvalue weighted by Gasteiger charge is -2.28. The number of piperidine rings is 1. The normalized spacial score (nSPS) is 44.8. The van der Waals surface area contributed by atoms with E-state index in [4.69, 9.17) is 4.74 Å². The fourth-order valence-corrected chi connectivity index (χ4v) is 2.99. The molecule has 13 heavy (non-hydrogen) atoms. The summed E-state index contributed by atoms with van der Waals surface area (Å²) in [7, 11) is 0. The lowest BCUT2D eigenvalue weighted by atomic mass is 10.1. The Morgan fingerprint density at radius 1 is 1.23 bits per heavy atom. The first-order chi connectivity index (χ1) is 6.43. The minimum atomic E-state index is 0.569. The minimum absolute atomic E-state index is 0.569. The highest BCUT2D eigenvalue weighted by atomic mass is 16.5. The average Bonchev–Trinajstić information content (AvgIpc) is 2.77. The Kier molecular flexibility index (Phi) is 2.06. The van der Waals surface area contributed by atoms with E-state index in [1.54, 1.807) is 0 Å². The Morgan fingerprint density at radius 2 is 2.23 bits per heavy atom. The van der Waals surface area contributed by atoms with Crippen LogP contribution in [0.1, 0.15) is 32.1 Å². The Labute approximate surface area is 80.2 Å². The number of rotatable bonds is 2. The number of ether oxygens (including phenoxy) is 1. The van der Waals surface area contributed by atoms with E-state index in [-0.39, 0.29) is 0 Å². The zero-order valence-electron chi connectivity index (χ0n) is 8.24. The second-order valence-corrected chi connectivity index (χ2v) is 4.84. The van der Waals surface area contributed by atoms with Gasteiger partial charge in [-0.05, 0) is 44.6 Å². The highest BCUT2D eigenvalue weighted by Crippen LogP contribution is 2.43. The summed E-state index contributed by atoms with van der Waals surface area (Å²) in [5.74, 6) is 1.06. The summed E-state index contributed by atoms with van der Waals surface area (Å²) >= 11 is 0. The molecule has 0 unspecified atom stereocenters. The van der Waals surface area contributed by atoms with Crippen LogP contribution in [0.4, 0.5) is 0 Å². The van der Waals surface area contributed by atoms with Gasteiger partial charge in [0.2, 0.25) is 0 Å². The van der Waals surface area contributed by atoms with Gasteiger partial charge in [-0.1, -0.05) is 0 Å². The van der Waals surface area contributed by atoms with Crippen LogP contribution in [-0.4, -0.2) is 36.7 Å². The smallest absolute Gasteiger partial charge is 0.0702 e. The molecule has 74 valence electrons. The average molecular weight is 181 g/mol. The summed E-state index contributed by atoms with van der Waals surface area (Å²) in [6.45, 7) is 3.56. The second kappa shape index (κ2) is 3.25. The van der Waals surface area contributed by atoms with Gasteiger partial charge in [-0.2, -0.15) is 0 Å². The third kappa shape index (κ3) is 1.62. The van der Waals surface area contributed by atoms with Crippen molar-refractivity contribution < 1.29 is 4.74 Å². The molecule has 0 spiro atoms. The van der Waals surface area contributed by atoms with E-state index >= 15 is 0 Å². The molecule has 0 aromatic rings. The molecule has 2 nitrogen and oxygen atoms in total. The summed E-state index contributed by atoms with van der Waals surface area (Å²) in [6, 6.07) is 0.956. The summed E-state index contributed by atoms with van der Waals surface area (Å²) in [5, 5.41) is 0. The van der Waals surface area contributed by atoms with Gasteiger partial charge in [0.25, 0.3) is 0 Å². The molecular formula is C11H19NO. The molecule has 0 aromatic carbocycles. The molecule has 0 radical (unpaired) electrons. The van der Waals surface area contributed by atoms with Gasteiger partial charge in [-0.3, -0.25) is 4.90 Å². The van der Waals surface area contributed by atoms with E-state index < -0.39 is 0 Å². The summed E-state index contributed by atoms with van der Waals surface area (Å²) in [4.78, 5) is 2.68. The third-order valence-corrected chi connectivity index (χ3v) is 3.84. The van der Waals surface area contributed by atoms with E-state index in [0.29, 0.717) is 6.10 Å². The van der Waals surface area contributed by atoms with Crippen LogP contribution in [0.2, 0.25) is 0 Å². The second-order valence-electron chi connectivity index (χ2n) is 4.84. The van der Waals surface area contributed by atoms with Crippen LogP contribution in [0.3, 0.4) is 0 Å². The van der Waals surface area contributed by atoms with Crippen molar-refractivity contribution in [1.82, 2.24) is 4.90 Å². The fourth-order valence-electron chi connectivity index (χ4n) is 2.99. The van der Waals surface area contributed by atoms with E-state index in [2.05, 4.69) is 4.90 Å². The quantitative estimate of drug-likeness (QED) is 0.642. The third-order valence-electron chi connectivity index (χ3n) is 3.84. The molecule has 3 fully saturated rings. The molecule has 1 saturated carbocycles. The zero-order chi connectivity index (χ0) is 8.67. The maximum Gasteiger partial charge on any atom is 0.0702 e. The SMILES string of the molecule is C1CO[C@@H](CN2CCC[C@@H]3C[C@@H]32)C1. The summed E-state index contributed by atoms with van der Waals surface area (Å²) < 4.78 is 5.68. The van der Waals surface area contributed by atoms with Gasteiger partial charge >= 0.3 is 0 Å².